The highest BCUT2D eigenvalue weighted by atomic mass is 16.4. The molecule has 0 heterocycles. The number of allylic oxidation sites excluding steroid dienone is 2. The van der Waals surface area contributed by atoms with E-state index in [0.717, 1.165) is 25.7 Å². The molecule has 2 atom stereocenters. The van der Waals surface area contributed by atoms with Crippen molar-refractivity contribution >= 4 is 5.97 Å². The normalized spacial score (nSPS) is 25.5. The number of carboxylic acids is 1. The number of carboxylic acid groups (broad SMARTS) is 1. The fourth-order valence-corrected chi connectivity index (χ4v) is 1.58. The third kappa shape index (κ3) is 4.42. The molecule has 0 aromatic rings. The van der Waals surface area contributed by atoms with E-state index in [4.69, 9.17) is 10.2 Å². The van der Waals surface area contributed by atoms with Crippen molar-refractivity contribution in [3.8, 4) is 0 Å². The van der Waals surface area contributed by atoms with Gasteiger partial charge in [-0.25, -0.2) is 0 Å². The van der Waals surface area contributed by atoms with Crippen molar-refractivity contribution in [3.63, 3.8) is 0 Å². The zero-order valence-electron chi connectivity index (χ0n) is 8.35. The molecule has 0 aromatic heterocycles. The van der Waals surface area contributed by atoms with Gasteiger partial charge in [0.05, 0.1) is 0 Å². The van der Waals surface area contributed by atoms with E-state index in [0.29, 0.717) is 18.4 Å². The van der Waals surface area contributed by atoms with Crippen LogP contribution >= 0.6 is 0 Å². The number of aliphatic hydroxyl groups is 1. The predicted molar refractivity (Wildman–Crippen MR) is 53.9 cm³/mol. The molecular formula is C11H18O3. The van der Waals surface area contributed by atoms with Crippen molar-refractivity contribution in [2.75, 3.05) is 6.61 Å². The zero-order valence-corrected chi connectivity index (χ0v) is 8.35. The molecular weight excluding hydrogens is 180 g/mol. The highest BCUT2D eigenvalue weighted by Crippen LogP contribution is 2.40. The molecule has 1 fully saturated rings. The molecule has 0 saturated heterocycles. The van der Waals surface area contributed by atoms with Crippen molar-refractivity contribution in [3.05, 3.63) is 12.2 Å². The summed E-state index contributed by atoms with van der Waals surface area (Å²) in [4.78, 5) is 10.2. The van der Waals surface area contributed by atoms with Crippen molar-refractivity contribution in [1.82, 2.24) is 0 Å². The van der Waals surface area contributed by atoms with Crippen LogP contribution in [0.3, 0.4) is 0 Å². The molecule has 0 bridgehead atoms. The minimum atomic E-state index is -0.721. The van der Waals surface area contributed by atoms with Gasteiger partial charge in [-0.2, -0.15) is 0 Å². The molecule has 3 heteroatoms. The molecule has 0 aromatic carbocycles. The van der Waals surface area contributed by atoms with Gasteiger partial charge >= 0.3 is 5.97 Å². The van der Waals surface area contributed by atoms with E-state index in [2.05, 4.69) is 12.2 Å². The Hall–Kier alpha value is -0.830. The Labute approximate surface area is 84.4 Å². The van der Waals surface area contributed by atoms with E-state index >= 15 is 0 Å². The summed E-state index contributed by atoms with van der Waals surface area (Å²) >= 11 is 0. The summed E-state index contributed by atoms with van der Waals surface area (Å²) < 4.78 is 0. The molecule has 1 rings (SSSR count). The first-order valence-corrected chi connectivity index (χ1v) is 5.21. The summed E-state index contributed by atoms with van der Waals surface area (Å²) in [5.74, 6) is 0.482. The highest BCUT2D eigenvalue weighted by Gasteiger charge is 2.34. The Bertz CT molecular complexity index is 211. The number of aliphatic carboxylic acids is 1. The summed E-state index contributed by atoms with van der Waals surface area (Å²) in [5, 5.41) is 17.2. The molecule has 1 aliphatic carbocycles. The molecule has 0 unspecified atom stereocenters. The zero-order chi connectivity index (χ0) is 10.4. The minimum Gasteiger partial charge on any atom is -0.481 e. The van der Waals surface area contributed by atoms with E-state index in [9.17, 15) is 4.79 Å². The number of aliphatic hydroxyl groups excluding tert-OH is 1. The number of hydrogen-bond acceptors (Lipinski definition) is 2. The summed E-state index contributed by atoms with van der Waals surface area (Å²) in [6, 6.07) is 0. The van der Waals surface area contributed by atoms with E-state index in [1.807, 2.05) is 0 Å². The van der Waals surface area contributed by atoms with Gasteiger partial charge in [0.15, 0.2) is 0 Å². The Kier molecular flexibility index (Phi) is 4.66. The van der Waals surface area contributed by atoms with Crippen molar-refractivity contribution in [2.45, 2.75) is 32.1 Å². The summed E-state index contributed by atoms with van der Waals surface area (Å²) in [6.07, 6.45) is 8.18. The Morgan fingerprint density at radius 2 is 2.14 bits per heavy atom. The van der Waals surface area contributed by atoms with Crippen molar-refractivity contribution in [1.29, 1.82) is 0 Å². The highest BCUT2D eigenvalue weighted by molar-refractivity contribution is 5.66. The van der Waals surface area contributed by atoms with E-state index in [1.54, 1.807) is 0 Å². The number of unbranched alkanes of at least 4 members (excludes halogenated alkanes) is 1. The summed E-state index contributed by atoms with van der Waals surface area (Å²) in [7, 11) is 0. The smallest absolute Gasteiger partial charge is 0.303 e. The van der Waals surface area contributed by atoms with Gasteiger partial charge in [-0.3, -0.25) is 4.79 Å². The van der Waals surface area contributed by atoms with E-state index < -0.39 is 5.97 Å². The first kappa shape index (κ1) is 11.2. The van der Waals surface area contributed by atoms with Crippen LogP contribution in [0, 0.1) is 11.8 Å². The quantitative estimate of drug-likeness (QED) is 0.484. The van der Waals surface area contributed by atoms with E-state index in [1.165, 1.54) is 0 Å². The van der Waals surface area contributed by atoms with E-state index in [-0.39, 0.29) is 6.42 Å². The SMILES string of the molecule is O=C(O)CCC/C=C\C[C@@H]1C[C@@H]1CO. The van der Waals surface area contributed by atoms with Gasteiger partial charge in [0, 0.05) is 13.0 Å². The molecule has 2 N–H and O–H groups in total. The average molecular weight is 198 g/mol. The second-order valence-corrected chi connectivity index (χ2v) is 3.93. The van der Waals surface area contributed by atoms with Gasteiger partial charge in [0.1, 0.15) is 0 Å². The molecule has 0 amide bonds. The molecule has 0 aliphatic heterocycles. The van der Waals surface area contributed by atoms with Gasteiger partial charge < -0.3 is 10.2 Å². The first-order chi connectivity index (χ1) is 6.74. The lowest BCUT2D eigenvalue weighted by molar-refractivity contribution is -0.137. The maximum Gasteiger partial charge on any atom is 0.303 e. The second kappa shape index (κ2) is 5.81. The minimum absolute atomic E-state index is 0.257. The third-order valence-corrected chi connectivity index (χ3v) is 2.67. The Morgan fingerprint density at radius 1 is 1.36 bits per heavy atom. The van der Waals surface area contributed by atoms with Crippen LogP contribution in [-0.4, -0.2) is 22.8 Å². The number of carbonyl (C=O) groups is 1. The van der Waals surface area contributed by atoms with Gasteiger partial charge in [-0.1, -0.05) is 12.2 Å². The maximum atomic E-state index is 10.2. The van der Waals surface area contributed by atoms with Crippen LogP contribution in [-0.2, 0) is 4.79 Å². The lowest BCUT2D eigenvalue weighted by Gasteiger charge is -1.92. The maximum absolute atomic E-state index is 10.2. The molecule has 14 heavy (non-hydrogen) atoms. The fourth-order valence-electron chi connectivity index (χ4n) is 1.58. The largest absolute Gasteiger partial charge is 0.481 e. The number of hydrogen-bond donors (Lipinski definition) is 2. The lowest BCUT2D eigenvalue weighted by Crippen LogP contribution is -1.92. The first-order valence-electron chi connectivity index (χ1n) is 5.21. The van der Waals surface area contributed by atoms with Gasteiger partial charge in [0.25, 0.3) is 0 Å². The van der Waals surface area contributed by atoms with Gasteiger partial charge in [-0.15, -0.1) is 0 Å². The fraction of sp³-hybridized carbons (Fsp3) is 0.727. The average Bonchev–Trinajstić information content (AvgIpc) is 2.89. The van der Waals surface area contributed by atoms with Crippen molar-refractivity contribution < 1.29 is 15.0 Å². The molecule has 80 valence electrons. The predicted octanol–water partition coefficient (Wildman–Crippen LogP) is 1.82. The standard InChI is InChI=1S/C11H18O3/c12-8-10-7-9(10)5-3-1-2-4-6-11(13)14/h1,3,9-10,12H,2,4-8H2,(H,13,14)/b3-1-/t9-,10-/m1/s1. The lowest BCUT2D eigenvalue weighted by atomic mass is 10.2. The Balaban J connectivity index is 1.92. The van der Waals surface area contributed by atoms with Gasteiger partial charge in [0.2, 0.25) is 0 Å². The second-order valence-electron chi connectivity index (χ2n) is 3.93. The van der Waals surface area contributed by atoms with Crippen molar-refractivity contribution in [2.24, 2.45) is 11.8 Å². The van der Waals surface area contributed by atoms with Gasteiger partial charge in [-0.05, 0) is 37.5 Å². The van der Waals surface area contributed by atoms with Crippen LogP contribution in [0.5, 0.6) is 0 Å². The monoisotopic (exact) mass is 198 g/mol. The van der Waals surface area contributed by atoms with Crippen LogP contribution in [0.2, 0.25) is 0 Å². The summed E-state index contributed by atoms with van der Waals surface area (Å²) in [5.41, 5.74) is 0. The van der Waals surface area contributed by atoms with Crippen LogP contribution in [0.25, 0.3) is 0 Å². The molecule has 0 radical (unpaired) electrons. The van der Waals surface area contributed by atoms with Crippen LogP contribution in [0.1, 0.15) is 32.1 Å². The number of rotatable bonds is 7. The molecule has 3 nitrogen and oxygen atoms in total. The topological polar surface area (TPSA) is 57.5 Å². The summed E-state index contributed by atoms with van der Waals surface area (Å²) in [6.45, 7) is 0.317. The van der Waals surface area contributed by atoms with Crippen LogP contribution in [0.15, 0.2) is 12.2 Å². The van der Waals surface area contributed by atoms with Crippen LogP contribution in [0.4, 0.5) is 0 Å². The molecule has 1 saturated carbocycles. The third-order valence-electron chi connectivity index (χ3n) is 2.67. The molecule has 1 aliphatic rings. The van der Waals surface area contributed by atoms with Crippen LogP contribution < -0.4 is 0 Å². The molecule has 0 spiro atoms. The Morgan fingerprint density at radius 3 is 2.71 bits per heavy atom.